The molecule has 1 atom stereocenters. The Labute approximate surface area is 251 Å². The molecule has 226 valence electrons. The fourth-order valence-corrected chi connectivity index (χ4v) is 4.70. The lowest BCUT2D eigenvalue weighted by molar-refractivity contribution is -0.134. The maximum Gasteiger partial charge on any atom is 0.311 e. The molecule has 1 N–H and O–H groups in total. The first-order chi connectivity index (χ1) is 20.5. The smallest absolute Gasteiger partial charge is 0.311 e. The van der Waals surface area contributed by atoms with Gasteiger partial charge in [0.25, 0.3) is 0 Å². The Morgan fingerprint density at radius 2 is 1.45 bits per heavy atom. The van der Waals surface area contributed by atoms with Crippen molar-refractivity contribution < 1.29 is 28.8 Å². The Bertz CT molecular complexity index is 1240. The van der Waals surface area contributed by atoms with Crippen LogP contribution in [0.1, 0.15) is 93.9 Å². The van der Waals surface area contributed by atoms with E-state index in [1.54, 1.807) is 50.6 Å². The monoisotopic (exact) mass is 574 g/mol. The van der Waals surface area contributed by atoms with Gasteiger partial charge in [-0.1, -0.05) is 101 Å². The minimum Gasteiger partial charge on any atom is -0.497 e. The normalized spacial score (nSPS) is 11.8. The molecule has 6 heteroatoms. The Kier molecular flexibility index (Phi) is 14.5. The number of aliphatic hydroxyl groups is 1. The predicted octanol–water partition coefficient (Wildman–Crippen LogP) is 8.86. The van der Waals surface area contributed by atoms with Gasteiger partial charge < -0.3 is 24.1 Å². The summed E-state index contributed by atoms with van der Waals surface area (Å²) in [5, 5.41) is 11.1. The molecule has 3 aromatic rings. The third-order valence-electron chi connectivity index (χ3n) is 7.16. The van der Waals surface area contributed by atoms with E-state index in [0.29, 0.717) is 41.6 Å². The first-order valence-electron chi connectivity index (χ1n) is 15.1. The van der Waals surface area contributed by atoms with E-state index >= 15 is 0 Å². The number of hydrogen-bond acceptors (Lipinski definition) is 6. The average molecular weight is 575 g/mol. The van der Waals surface area contributed by atoms with E-state index in [1.165, 1.54) is 38.5 Å². The van der Waals surface area contributed by atoms with Gasteiger partial charge in [-0.05, 0) is 36.2 Å². The molecule has 3 rings (SSSR count). The third-order valence-corrected chi connectivity index (χ3v) is 7.16. The molecule has 0 aliphatic rings. The highest BCUT2D eigenvalue weighted by molar-refractivity contribution is 5.72. The first-order valence-corrected chi connectivity index (χ1v) is 15.1. The molecule has 0 fully saturated rings. The van der Waals surface area contributed by atoms with E-state index in [1.807, 2.05) is 42.5 Å². The zero-order chi connectivity index (χ0) is 30.0. The van der Waals surface area contributed by atoms with Crippen molar-refractivity contribution in [1.82, 2.24) is 0 Å². The zero-order valence-electron chi connectivity index (χ0n) is 25.3. The van der Waals surface area contributed by atoms with Crippen LogP contribution in [0, 0.1) is 0 Å². The molecule has 0 spiro atoms. The molecule has 0 aliphatic heterocycles. The van der Waals surface area contributed by atoms with Crippen molar-refractivity contribution in [1.29, 1.82) is 0 Å². The highest BCUT2D eigenvalue weighted by Crippen LogP contribution is 2.33. The molecule has 42 heavy (non-hydrogen) atoms. The van der Waals surface area contributed by atoms with Crippen molar-refractivity contribution in [3.8, 4) is 23.0 Å². The van der Waals surface area contributed by atoms with Crippen molar-refractivity contribution in [2.24, 2.45) is 0 Å². The van der Waals surface area contributed by atoms with Gasteiger partial charge in [-0.25, -0.2) is 0 Å². The van der Waals surface area contributed by atoms with Crippen LogP contribution in [-0.4, -0.2) is 25.3 Å². The topological polar surface area (TPSA) is 74.2 Å². The van der Waals surface area contributed by atoms with Crippen LogP contribution in [-0.2, 0) is 11.4 Å². The molecule has 3 aromatic carbocycles. The summed E-state index contributed by atoms with van der Waals surface area (Å²) in [7, 11) is 3.19. The summed E-state index contributed by atoms with van der Waals surface area (Å²) in [6.07, 6.45) is 13.6. The fourth-order valence-electron chi connectivity index (χ4n) is 4.70. The fraction of sp³-hybridized carbons (Fsp3) is 0.417. The molecule has 0 aliphatic carbocycles. The number of esters is 1. The van der Waals surface area contributed by atoms with Gasteiger partial charge in [0.1, 0.15) is 35.7 Å². The number of carbonyl (C=O) groups excluding carboxylic acids is 1. The third kappa shape index (κ3) is 11.2. The summed E-state index contributed by atoms with van der Waals surface area (Å²) < 4.78 is 22.5. The molecule has 0 radical (unpaired) electrons. The summed E-state index contributed by atoms with van der Waals surface area (Å²) in [6.45, 7) is 2.54. The van der Waals surface area contributed by atoms with Crippen LogP contribution in [0.4, 0.5) is 0 Å². The zero-order valence-corrected chi connectivity index (χ0v) is 25.3. The molecule has 0 heterocycles. The van der Waals surface area contributed by atoms with Gasteiger partial charge in [0.15, 0.2) is 0 Å². The number of aliphatic hydroxyl groups excluding tert-OH is 1. The number of ether oxygens (including phenoxy) is 4. The maximum atomic E-state index is 12.6. The van der Waals surface area contributed by atoms with E-state index in [-0.39, 0.29) is 5.97 Å². The van der Waals surface area contributed by atoms with Crippen molar-refractivity contribution in [3.05, 3.63) is 89.5 Å². The molecular formula is C36H46O6. The number of benzene rings is 3. The quantitative estimate of drug-likeness (QED) is 0.0876. The van der Waals surface area contributed by atoms with Crippen LogP contribution in [0.15, 0.2) is 72.8 Å². The molecule has 0 saturated heterocycles. The van der Waals surface area contributed by atoms with E-state index in [9.17, 15) is 9.90 Å². The van der Waals surface area contributed by atoms with Crippen molar-refractivity contribution in [2.45, 2.75) is 83.8 Å². The van der Waals surface area contributed by atoms with Gasteiger partial charge in [-0.2, -0.15) is 0 Å². The van der Waals surface area contributed by atoms with E-state index in [4.69, 9.17) is 18.9 Å². The van der Waals surface area contributed by atoms with Gasteiger partial charge >= 0.3 is 5.97 Å². The minimum absolute atomic E-state index is 0.258. The Balaban J connectivity index is 1.63. The number of rotatable bonds is 19. The lowest BCUT2D eigenvalue weighted by Crippen LogP contribution is -2.08. The van der Waals surface area contributed by atoms with Crippen molar-refractivity contribution in [3.63, 3.8) is 0 Å². The van der Waals surface area contributed by atoms with Crippen LogP contribution in [0.5, 0.6) is 23.0 Å². The van der Waals surface area contributed by atoms with E-state index < -0.39 is 6.10 Å². The Morgan fingerprint density at radius 1 is 0.786 bits per heavy atom. The minimum atomic E-state index is -0.964. The molecular weight excluding hydrogens is 528 g/mol. The highest BCUT2D eigenvalue weighted by Gasteiger charge is 2.15. The largest absolute Gasteiger partial charge is 0.497 e. The van der Waals surface area contributed by atoms with Crippen LogP contribution in [0.25, 0.3) is 6.08 Å². The second kappa shape index (κ2) is 18.6. The van der Waals surface area contributed by atoms with Gasteiger partial charge in [0.2, 0.25) is 0 Å². The lowest BCUT2D eigenvalue weighted by Gasteiger charge is -2.16. The molecule has 0 aromatic heterocycles. The van der Waals surface area contributed by atoms with Crippen molar-refractivity contribution >= 4 is 12.0 Å². The molecule has 0 saturated carbocycles. The van der Waals surface area contributed by atoms with Gasteiger partial charge in [-0.15, -0.1) is 0 Å². The summed E-state index contributed by atoms with van der Waals surface area (Å²) in [5.41, 5.74) is 2.35. The van der Waals surface area contributed by atoms with Crippen molar-refractivity contribution in [2.75, 3.05) is 14.2 Å². The predicted molar refractivity (Wildman–Crippen MR) is 168 cm³/mol. The molecule has 1 unspecified atom stereocenters. The Hall–Kier alpha value is -3.77. The SMILES string of the molecule is CCCCCCCCCCCC(=O)Oc1ccc(C(O)C=Cc2ccc(OC)cc2OC)c(OCc2ccccc2)c1. The highest BCUT2D eigenvalue weighted by atomic mass is 16.5. The number of methoxy groups -OCH3 is 2. The summed E-state index contributed by atoms with van der Waals surface area (Å²) in [5.74, 6) is 1.91. The second-order valence-corrected chi connectivity index (χ2v) is 10.4. The number of unbranched alkanes of at least 4 members (excludes halogenated alkanes) is 8. The van der Waals surface area contributed by atoms with Crippen LogP contribution < -0.4 is 18.9 Å². The van der Waals surface area contributed by atoms with E-state index in [0.717, 1.165) is 30.4 Å². The molecule has 0 amide bonds. The summed E-state index contributed by atoms with van der Waals surface area (Å²) in [4.78, 5) is 12.6. The standard InChI is InChI=1S/C36H46O6/c1-4-5-6-7-8-9-10-11-15-18-36(38)42-31-22-23-32(35(26-31)41-27-28-16-13-12-14-17-28)33(37)24-20-29-19-21-30(39-2)25-34(29)40-3/h12-14,16-17,19-26,33,37H,4-11,15,18,27H2,1-3H3. The summed E-state index contributed by atoms with van der Waals surface area (Å²) in [6, 6.07) is 20.4. The average Bonchev–Trinajstić information content (AvgIpc) is 3.02. The molecule has 0 bridgehead atoms. The second-order valence-electron chi connectivity index (χ2n) is 10.4. The van der Waals surface area contributed by atoms with Gasteiger partial charge in [-0.3, -0.25) is 4.79 Å². The lowest BCUT2D eigenvalue weighted by atomic mass is 10.1. The Morgan fingerprint density at radius 3 is 2.14 bits per heavy atom. The van der Waals surface area contributed by atoms with Gasteiger partial charge in [0, 0.05) is 29.7 Å². The van der Waals surface area contributed by atoms with Gasteiger partial charge in [0.05, 0.1) is 14.2 Å². The first kappa shape index (κ1) is 32.7. The number of hydrogen-bond donors (Lipinski definition) is 1. The van der Waals surface area contributed by atoms with Crippen LogP contribution in [0.2, 0.25) is 0 Å². The maximum absolute atomic E-state index is 12.6. The molecule has 6 nitrogen and oxygen atoms in total. The summed E-state index contributed by atoms with van der Waals surface area (Å²) >= 11 is 0. The number of carbonyl (C=O) groups is 1. The van der Waals surface area contributed by atoms with Crippen LogP contribution in [0.3, 0.4) is 0 Å². The van der Waals surface area contributed by atoms with E-state index in [2.05, 4.69) is 6.92 Å². The van der Waals surface area contributed by atoms with Crippen LogP contribution >= 0.6 is 0 Å².